The third kappa shape index (κ3) is 2.96. The highest BCUT2D eigenvalue weighted by Crippen LogP contribution is 2.40. The number of ether oxygens (including phenoxy) is 2. The number of carbonyl (C=O) groups is 1. The van der Waals surface area contributed by atoms with Crippen LogP contribution in [-0.4, -0.2) is 25.0 Å². The number of methoxy groups -OCH3 is 2. The van der Waals surface area contributed by atoms with Crippen molar-refractivity contribution in [3.63, 3.8) is 0 Å². The summed E-state index contributed by atoms with van der Waals surface area (Å²) in [7, 11) is 3.26. The van der Waals surface area contributed by atoms with Crippen molar-refractivity contribution in [2.24, 2.45) is 0 Å². The lowest BCUT2D eigenvalue weighted by molar-refractivity contribution is -0.134. The fraction of sp³-hybridized carbons (Fsp3) is 0.350. The molecule has 1 atom stereocenters. The Bertz CT molecular complexity index is 727. The molecule has 2 aromatic carbocycles. The van der Waals surface area contributed by atoms with E-state index in [1.165, 1.54) is 0 Å². The summed E-state index contributed by atoms with van der Waals surface area (Å²) in [6, 6.07) is 14.1. The maximum atomic E-state index is 12.7. The summed E-state index contributed by atoms with van der Waals surface area (Å²) >= 11 is 0. The third-order valence-corrected chi connectivity index (χ3v) is 4.63. The van der Waals surface area contributed by atoms with Crippen LogP contribution in [0.5, 0.6) is 11.5 Å². The normalized spacial score (nSPS) is 16.7. The summed E-state index contributed by atoms with van der Waals surface area (Å²) in [4.78, 5) is 14.7. The molecule has 0 bridgehead atoms. The first-order chi connectivity index (χ1) is 11.7. The maximum absolute atomic E-state index is 12.7. The van der Waals surface area contributed by atoms with E-state index >= 15 is 0 Å². The van der Waals surface area contributed by atoms with E-state index in [0.717, 1.165) is 23.1 Å². The van der Waals surface area contributed by atoms with E-state index in [-0.39, 0.29) is 11.9 Å². The van der Waals surface area contributed by atoms with Gasteiger partial charge in [-0.2, -0.15) is 0 Å². The number of fused-ring (bicyclic) bond motifs is 1. The Kier molecular flexibility index (Phi) is 4.74. The molecule has 126 valence electrons. The largest absolute Gasteiger partial charge is 0.493 e. The van der Waals surface area contributed by atoms with E-state index in [4.69, 9.17) is 9.47 Å². The van der Waals surface area contributed by atoms with Crippen LogP contribution in [0, 0.1) is 0 Å². The van der Waals surface area contributed by atoms with Crippen LogP contribution >= 0.6 is 0 Å². The van der Waals surface area contributed by atoms with E-state index in [1.54, 1.807) is 14.2 Å². The first-order valence-electron chi connectivity index (χ1n) is 8.26. The van der Waals surface area contributed by atoms with Crippen molar-refractivity contribution in [3.8, 4) is 11.5 Å². The van der Waals surface area contributed by atoms with Gasteiger partial charge in [0, 0.05) is 6.54 Å². The average Bonchev–Trinajstić information content (AvgIpc) is 2.62. The monoisotopic (exact) mass is 325 g/mol. The molecule has 3 rings (SSSR count). The Morgan fingerprint density at radius 1 is 1.08 bits per heavy atom. The fourth-order valence-electron chi connectivity index (χ4n) is 3.43. The van der Waals surface area contributed by atoms with Gasteiger partial charge < -0.3 is 14.4 Å². The van der Waals surface area contributed by atoms with E-state index in [0.29, 0.717) is 24.5 Å². The Morgan fingerprint density at radius 2 is 1.75 bits per heavy atom. The van der Waals surface area contributed by atoms with Crippen LogP contribution in [0.1, 0.15) is 36.1 Å². The summed E-state index contributed by atoms with van der Waals surface area (Å²) < 4.78 is 10.8. The van der Waals surface area contributed by atoms with Gasteiger partial charge in [0.15, 0.2) is 11.5 Å². The second-order valence-electron chi connectivity index (χ2n) is 6.01. The van der Waals surface area contributed by atoms with Crippen molar-refractivity contribution in [1.29, 1.82) is 0 Å². The summed E-state index contributed by atoms with van der Waals surface area (Å²) in [6.45, 7) is 2.74. The van der Waals surface area contributed by atoms with Gasteiger partial charge >= 0.3 is 0 Å². The highest BCUT2D eigenvalue weighted by molar-refractivity contribution is 5.82. The molecule has 0 radical (unpaired) electrons. The highest BCUT2D eigenvalue weighted by Gasteiger charge is 2.32. The second kappa shape index (κ2) is 6.95. The molecule has 1 aliphatic rings. The van der Waals surface area contributed by atoms with Crippen LogP contribution < -0.4 is 9.47 Å². The lowest BCUT2D eigenvalue weighted by Gasteiger charge is -2.37. The number of hydrogen-bond acceptors (Lipinski definition) is 3. The summed E-state index contributed by atoms with van der Waals surface area (Å²) in [5.74, 6) is 1.55. The van der Waals surface area contributed by atoms with E-state index in [1.807, 2.05) is 35.2 Å². The van der Waals surface area contributed by atoms with E-state index in [2.05, 4.69) is 19.1 Å². The molecule has 1 amide bonds. The number of amides is 1. The van der Waals surface area contributed by atoms with Crippen molar-refractivity contribution < 1.29 is 14.3 Å². The number of hydrogen-bond donors (Lipinski definition) is 0. The summed E-state index contributed by atoms with van der Waals surface area (Å²) in [5.41, 5.74) is 3.34. The molecule has 0 aromatic heterocycles. The Hall–Kier alpha value is -2.49. The molecular formula is C20H23NO3. The van der Waals surface area contributed by atoms with Gasteiger partial charge in [-0.15, -0.1) is 0 Å². The molecule has 0 fully saturated rings. The molecule has 1 unspecified atom stereocenters. The molecule has 0 spiro atoms. The van der Waals surface area contributed by atoms with Gasteiger partial charge in [-0.1, -0.05) is 37.3 Å². The zero-order chi connectivity index (χ0) is 17.1. The summed E-state index contributed by atoms with van der Waals surface area (Å²) in [6.07, 6.45) is 1.26. The van der Waals surface area contributed by atoms with E-state index < -0.39 is 0 Å². The van der Waals surface area contributed by atoms with Gasteiger partial charge in [0.1, 0.15) is 0 Å². The van der Waals surface area contributed by atoms with Crippen LogP contribution in [0.25, 0.3) is 0 Å². The lowest BCUT2D eigenvalue weighted by atomic mass is 9.89. The van der Waals surface area contributed by atoms with Gasteiger partial charge in [0.05, 0.1) is 26.7 Å². The molecule has 0 aliphatic carbocycles. The number of carbonyl (C=O) groups excluding carboxylic acids is 1. The summed E-state index contributed by atoms with van der Waals surface area (Å²) in [5, 5.41) is 0. The lowest BCUT2D eigenvalue weighted by Crippen LogP contribution is -2.39. The van der Waals surface area contributed by atoms with Crippen LogP contribution in [0.4, 0.5) is 0 Å². The molecule has 0 N–H and O–H groups in total. The minimum Gasteiger partial charge on any atom is -0.493 e. The predicted molar refractivity (Wildman–Crippen MR) is 93.3 cm³/mol. The minimum absolute atomic E-state index is 0.0567. The molecule has 1 heterocycles. The number of nitrogens with zero attached hydrogens (tertiary/aromatic N) is 1. The van der Waals surface area contributed by atoms with Crippen molar-refractivity contribution in [2.45, 2.75) is 32.4 Å². The first-order valence-corrected chi connectivity index (χ1v) is 8.26. The standard InChI is InChI=1S/C20H23NO3/c1-4-17-16-12-19(24-3)18(23-2)10-15(16)11-20(22)21(17)13-14-8-6-5-7-9-14/h5-10,12,17H,4,11,13H2,1-3H3. The number of benzene rings is 2. The zero-order valence-corrected chi connectivity index (χ0v) is 14.4. The minimum atomic E-state index is 0.0567. The van der Waals surface area contributed by atoms with E-state index in [9.17, 15) is 4.79 Å². The molecule has 2 aromatic rings. The number of rotatable bonds is 5. The zero-order valence-electron chi connectivity index (χ0n) is 14.4. The molecule has 4 heteroatoms. The van der Waals surface area contributed by atoms with Crippen LogP contribution in [-0.2, 0) is 17.8 Å². The SMILES string of the molecule is CCC1c2cc(OC)c(OC)cc2CC(=O)N1Cc1ccccc1. The smallest absolute Gasteiger partial charge is 0.227 e. The van der Waals surface area contributed by atoms with Gasteiger partial charge in [0.25, 0.3) is 0 Å². The van der Waals surface area contributed by atoms with Gasteiger partial charge in [-0.3, -0.25) is 4.79 Å². The highest BCUT2D eigenvalue weighted by atomic mass is 16.5. The van der Waals surface area contributed by atoms with Crippen molar-refractivity contribution in [3.05, 3.63) is 59.2 Å². The van der Waals surface area contributed by atoms with Crippen molar-refractivity contribution >= 4 is 5.91 Å². The quantitative estimate of drug-likeness (QED) is 0.840. The second-order valence-corrected chi connectivity index (χ2v) is 6.01. The average molecular weight is 325 g/mol. The first kappa shape index (κ1) is 16.4. The maximum Gasteiger partial charge on any atom is 0.227 e. The van der Waals surface area contributed by atoms with Gasteiger partial charge in [-0.05, 0) is 35.2 Å². The molecule has 0 saturated carbocycles. The molecular weight excluding hydrogens is 302 g/mol. The van der Waals surface area contributed by atoms with Crippen LogP contribution in [0.15, 0.2) is 42.5 Å². The molecule has 1 aliphatic heterocycles. The van der Waals surface area contributed by atoms with Gasteiger partial charge in [-0.25, -0.2) is 0 Å². The fourth-order valence-corrected chi connectivity index (χ4v) is 3.43. The Morgan fingerprint density at radius 3 is 2.38 bits per heavy atom. The molecule has 0 saturated heterocycles. The molecule has 24 heavy (non-hydrogen) atoms. The molecule has 4 nitrogen and oxygen atoms in total. The Balaban J connectivity index is 1.99. The topological polar surface area (TPSA) is 38.8 Å². The predicted octanol–water partition coefficient (Wildman–Crippen LogP) is 3.74. The Labute approximate surface area is 143 Å². The third-order valence-electron chi connectivity index (χ3n) is 4.63. The van der Waals surface area contributed by atoms with Gasteiger partial charge in [0.2, 0.25) is 5.91 Å². The van der Waals surface area contributed by atoms with Crippen LogP contribution in [0.2, 0.25) is 0 Å². The van der Waals surface area contributed by atoms with Crippen molar-refractivity contribution in [2.75, 3.05) is 14.2 Å². The van der Waals surface area contributed by atoms with Crippen molar-refractivity contribution in [1.82, 2.24) is 4.90 Å². The van der Waals surface area contributed by atoms with Crippen LogP contribution in [0.3, 0.4) is 0 Å².